The summed E-state index contributed by atoms with van der Waals surface area (Å²) in [4.78, 5) is 12.1. The Morgan fingerprint density at radius 2 is 0.612 bits per heavy atom. The maximum Gasteiger partial charge on any atom is 0.174 e. The molecule has 15 heteroatoms. The average Bonchev–Trinajstić information content (AvgIpc) is 3.13. The Morgan fingerprint density at radius 1 is 0.367 bits per heavy atom. The van der Waals surface area contributed by atoms with E-state index in [-0.39, 0.29) is 22.7 Å². The number of alkyl halides is 2. The Hall–Kier alpha value is -4.11. The van der Waals surface area contributed by atoms with Gasteiger partial charge in [0, 0.05) is 36.0 Å². The fourth-order valence-corrected chi connectivity index (χ4v) is 3.67. The van der Waals surface area contributed by atoms with Crippen molar-refractivity contribution in [2.75, 3.05) is 5.34 Å². The third-order valence-corrected chi connectivity index (χ3v) is 6.24. The second-order valence-corrected chi connectivity index (χ2v) is 10.6. The molecule has 0 saturated heterocycles. The van der Waals surface area contributed by atoms with Crippen LogP contribution in [0.5, 0.6) is 0 Å². The van der Waals surface area contributed by atoms with Crippen LogP contribution in [0, 0.1) is 0 Å². The van der Waals surface area contributed by atoms with Crippen molar-refractivity contribution >= 4 is 92.5 Å². The Morgan fingerprint density at radius 3 is 0.837 bits per heavy atom. The summed E-state index contributed by atoms with van der Waals surface area (Å²) in [5.74, 6) is 1.70. The maximum atomic E-state index is 5.92. The van der Waals surface area contributed by atoms with Gasteiger partial charge < -0.3 is 0 Å². The van der Waals surface area contributed by atoms with Crippen molar-refractivity contribution in [1.82, 2.24) is 15.0 Å². The topological polar surface area (TPSA) is 113 Å². The van der Waals surface area contributed by atoms with E-state index >= 15 is 0 Å². The summed E-state index contributed by atoms with van der Waals surface area (Å²) < 4.78 is 0. The Kier molecular flexibility index (Phi) is 20.9. The molecule has 0 unspecified atom stereocenters. The fraction of sp³-hybridized carbons (Fsp3) is 0.0294. The van der Waals surface area contributed by atoms with E-state index in [1.54, 1.807) is 73.2 Å². The van der Waals surface area contributed by atoms with Crippen LogP contribution in [-0.4, -0.2) is 20.3 Å². The molecule has 3 heterocycles. The van der Waals surface area contributed by atoms with E-state index in [9.17, 15) is 0 Å². The minimum atomic E-state index is 0. The Bertz CT molecular complexity index is 1650. The normalized spacial score (nSPS) is 10.2. The van der Waals surface area contributed by atoms with E-state index in [0.29, 0.717) is 49.6 Å². The summed E-state index contributed by atoms with van der Waals surface area (Å²) in [7, 11) is 0. The molecule has 6 aromatic rings. The van der Waals surface area contributed by atoms with Crippen molar-refractivity contribution in [3.05, 3.63) is 161 Å². The zero-order chi connectivity index (χ0) is 34.2. The molecule has 0 aliphatic rings. The minimum Gasteiger partial charge on any atom is -0.236 e. The average molecular weight is 790 g/mol. The SMILES string of the molecule is ClCCl.Clc1ccccc1N=Nc1ccccn1.Clc1ccccc1N=Nc1ccccn1.Clc1ccccc1N=Nc1ccccn1.[Cr]. The molecule has 0 aliphatic carbocycles. The van der Waals surface area contributed by atoms with Gasteiger partial charge in [-0.15, -0.1) is 53.9 Å². The summed E-state index contributed by atoms with van der Waals surface area (Å²) in [5.41, 5.74) is 1.93. The Labute approximate surface area is 319 Å². The molecule has 0 radical (unpaired) electrons. The molecular weight excluding hydrogens is 764 g/mol. The van der Waals surface area contributed by atoms with Gasteiger partial charge in [-0.05, 0) is 72.8 Å². The van der Waals surface area contributed by atoms with E-state index < -0.39 is 0 Å². The molecule has 9 nitrogen and oxygen atoms in total. The van der Waals surface area contributed by atoms with Gasteiger partial charge in [0.2, 0.25) is 0 Å². The molecule has 0 spiro atoms. The molecule has 0 fully saturated rings. The monoisotopic (exact) mass is 787 g/mol. The molecule has 3 aromatic carbocycles. The van der Waals surface area contributed by atoms with E-state index in [0.717, 1.165) is 0 Å². The number of azo groups is 3. The molecule has 0 N–H and O–H groups in total. The summed E-state index contributed by atoms with van der Waals surface area (Å²) in [5, 5.41) is 25.9. The first-order valence-corrected chi connectivity index (χ1v) is 16.0. The van der Waals surface area contributed by atoms with Crippen LogP contribution in [0.15, 0.2) is 177 Å². The first-order chi connectivity index (χ1) is 23.5. The summed E-state index contributed by atoms with van der Waals surface area (Å²) in [6, 6.07) is 38.2. The molecule has 0 atom stereocenters. The smallest absolute Gasteiger partial charge is 0.174 e. The van der Waals surface area contributed by atoms with Crippen LogP contribution < -0.4 is 0 Å². The quantitative estimate of drug-likeness (QED) is 0.124. The Balaban J connectivity index is 0.000000243. The third kappa shape index (κ3) is 16.7. The van der Waals surface area contributed by atoms with Gasteiger partial charge in [-0.2, -0.15) is 0 Å². The zero-order valence-corrected chi connectivity index (χ0v) is 30.4. The number of rotatable bonds is 6. The molecule has 0 amide bonds. The van der Waals surface area contributed by atoms with Crippen LogP contribution in [0.2, 0.25) is 15.1 Å². The van der Waals surface area contributed by atoms with Crippen molar-refractivity contribution in [3.8, 4) is 0 Å². The van der Waals surface area contributed by atoms with Gasteiger partial charge in [0.25, 0.3) is 0 Å². The molecule has 0 aliphatic heterocycles. The van der Waals surface area contributed by atoms with Gasteiger partial charge in [-0.1, -0.05) is 89.4 Å². The van der Waals surface area contributed by atoms with Gasteiger partial charge in [0.1, 0.15) is 17.1 Å². The van der Waals surface area contributed by atoms with Crippen molar-refractivity contribution in [2.24, 2.45) is 30.7 Å². The maximum absolute atomic E-state index is 5.92. The van der Waals surface area contributed by atoms with Gasteiger partial charge in [0.15, 0.2) is 17.5 Å². The standard InChI is InChI=1S/3C11H8ClN3.CH2Cl2.Cr/c3*12-9-5-1-2-6-10(9)14-15-11-7-3-4-8-13-11;2-1-3;/h3*1-8H;1H2;. The number of hydrogen-bond acceptors (Lipinski definition) is 9. The van der Waals surface area contributed by atoms with Crippen LogP contribution >= 0.6 is 58.0 Å². The number of hydrogen-bond donors (Lipinski definition) is 0. The van der Waals surface area contributed by atoms with E-state index in [1.807, 2.05) is 72.8 Å². The van der Waals surface area contributed by atoms with Gasteiger partial charge >= 0.3 is 0 Å². The van der Waals surface area contributed by atoms with Gasteiger partial charge in [0.05, 0.1) is 20.4 Å². The summed E-state index contributed by atoms with van der Waals surface area (Å²) >= 11 is 27.3. The summed E-state index contributed by atoms with van der Waals surface area (Å²) in [6.07, 6.45) is 5.00. The van der Waals surface area contributed by atoms with Gasteiger partial charge in [-0.3, -0.25) is 0 Å². The van der Waals surface area contributed by atoms with Crippen molar-refractivity contribution in [3.63, 3.8) is 0 Å². The predicted molar refractivity (Wildman–Crippen MR) is 196 cm³/mol. The number of pyridine rings is 3. The summed E-state index contributed by atoms with van der Waals surface area (Å²) in [6.45, 7) is 0. The first-order valence-electron chi connectivity index (χ1n) is 13.8. The number of benzene rings is 3. The van der Waals surface area contributed by atoms with Gasteiger partial charge in [-0.25, -0.2) is 15.0 Å². The van der Waals surface area contributed by atoms with Crippen molar-refractivity contribution in [2.45, 2.75) is 0 Å². The molecular formula is C34H26Cl5CrN9. The van der Waals surface area contributed by atoms with Crippen LogP contribution in [0.4, 0.5) is 34.5 Å². The fourth-order valence-electron chi connectivity index (χ4n) is 3.15. The molecule has 0 bridgehead atoms. The second kappa shape index (κ2) is 24.9. The minimum absolute atomic E-state index is 0. The molecule has 49 heavy (non-hydrogen) atoms. The predicted octanol–water partition coefficient (Wildman–Crippen LogP) is 13.9. The third-order valence-electron chi connectivity index (χ3n) is 5.29. The van der Waals surface area contributed by atoms with E-state index in [2.05, 4.69) is 45.6 Å². The van der Waals surface area contributed by atoms with Crippen LogP contribution in [0.1, 0.15) is 0 Å². The number of nitrogens with zero attached hydrogens (tertiary/aromatic N) is 9. The van der Waals surface area contributed by atoms with Crippen molar-refractivity contribution in [1.29, 1.82) is 0 Å². The van der Waals surface area contributed by atoms with Crippen LogP contribution in [0.25, 0.3) is 0 Å². The number of aromatic nitrogens is 3. The molecule has 248 valence electrons. The molecule has 6 rings (SSSR count). The van der Waals surface area contributed by atoms with E-state index in [1.165, 1.54) is 0 Å². The first kappa shape index (κ1) is 41.1. The zero-order valence-electron chi connectivity index (χ0n) is 25.4. The number of halogens is 5. The second-order valence-electron chi connectivity index (χ2n) is 8.62. The van der Waals surface area contributed by atoms with E-state index in [4.69, 9.17) is 58.0 Å². The molecule has 3 aromatic heterocycles. The molecule has 0 saturated carbocycles. The largest absolute Gasteiger partial charge is 0.236 e. The van der Waals surface area contributed by atoms with Crippen LogP contribution in [-0.2, 0) is 17.4 Å². The van der Waals surface area contributed by atoms with Crippen LogP contribution in [0.3, 0.4) is 0 Å². The van der Waals surface area contributed by atoms with Crippen molar-refractivity contribution < 1.29 is 17.4 Å².